The van der Waals surface area contributed by atoms with Gasteiger partial charge in [-0.05, 0) is 33.6 Å². The van der Waals surface area contributed by atoms with Gasteiger partial charge in [-0.3, -0.25) is 0 Å². The van der Waals surface area contributed by atoms with E-state index in [4.69, 9.17) is 9.47 Å². The Balaban J connectivity index is 2.10. The van der Waals surface area contributed by atoms with Crippen LogP contribution in [0.5, 0.6) is 0 Å². The molecule has 3 unspecified atom stereocenters. The average molecular weight is 267 g/mol. The topological polar surface area (TPSA) is 48.3 Å². The molecule has 0 radical (unpaired) electrons. The molecule has 2 rings (SSSR count). The molecule has 0 aromatic carbocycles. The zero-order valence-electron chi connectivity index (χ0n) is 12.3. The van der Waals surface area contributed by atoms with Gasteiger partial charge in [0.05, 0.1) is 24.4 Å². The second-order valence-electron chi connectivity index (χ2n) is 5.41. The van der Waals surface area contributed by atoms with Crippen molar-refractivity contribution >= 4 is 5.95 Å². The van der Waals surface area contributed by atoms with Gasteiger partial charge in [0.25, 0.3) is 0 Å². The average Bonchev–Trinajstić information content (AvgIpc) is 2.98. The van der Waals surface area contributed by atoms with Crippen molar-refractivity contribution < 1.29 is 9.47 Å². The second kappa shape index (κ2) is 6.39. The highest BCUT2D eigenvalue weighted by Crippen LogP contribution is 2.27. The van der Waals surface area contributed by atoms with Gasteiger partial charge in [0.2, 0.25) is 5.95 Å². The molecule has 0 amide bonds. The van der Waals surface area contributed by atoms with Crippen LogP contribution in [-0.4, -0.2) is 42.0 Å². The summed E-state index contributed by atoms with van der Waals surface area (Å²) < 4.78 is 13.1. The Morgan fingerprint density at radius 1 is 1.58 bits per heavy atom. The number of aromatic nitrogens is 2. The Kier molecular flexibility index (Phi) is 4.82. The summed E-state index contributed by atoms with van der Waals surface area (Å²) in [5, 5.41) is 3.41. The normalized spacial score (nSPS) is 22.4. The first-order valence-corrected chi connectivity index (χ1v) is 7.04. The lowest BCUT2D eigenvalue weighted by Crippen LogP contribution is -2.26. The molecule has 1 aliphatic rings. The van der Waals surface area contributed by atoms with Gasteiger partial charge >= 0.3 is 0 Å². The van der Waals surface area contributed by atoms with Crippen LogP contribution in [0.2, 0.25) is 0 Å². The Hall–Kier alpha value is -1.07. The minimum atomic E-state index is 0.238. The number of nitrogens with one attached hydrogen (secondary N) is 1. The Labute approximate surface area is 115 Å². The maximum Gasteiger partial charge on any atom is 0.203 e. The van der Waals surface area contributed by atoms with E-state index in [1.807, 2.05) is 6.92 Å². The van der Waals surface area contributed by atoms with E-state index in [1.165, 1.54) is 0 Å². The number of anilines is 1. The molecule has 1 fully saturated rings. The maximum atomic E-state index is 5.78. The van der Waals surface area contributed by atoms with E-state index in [2.05, 4.69) is 34.9 Å². The Morgan fingerprint density at radius 3 is 3.00 bits per heavy atom. The molecule has 0 aliphatic carbocycles. The minimum absolute atomic E-state index is 0.238. The number of rotatable bonds is 6. The Morgan fingerprint density at radius 2 is 2.37 bits per heavy atom. The molecule has 19 heavy (non-hydrogen) atoms. The van der Waals surface area contributed by atoms with Crippen molar-refractivity contribution in [3.63, 3.8) is 0 Å². The van der Waals surface area contributed by atoms with E-state index in [9.17, 15) is 0 Å². The molecule has 108 valence electrons. The van der Waals surface area contributed by atoms with E-state index in [0.717, 1.165) is 31.1 Å². The van der Waals surface area contributed by atoms with Crippen molar-refractivity contribution in [2.75, 3.05) is 25.6 Å². The van der Waals surface area contributed by atoms with Crippen molar-refractivity contribution in [2.45, 2.75) is 51.8 Å². The molecule has 1 aliphatic heterocycles. The predicted octanol–water partition coefficient (Wildman–Crippen LogP) is 2.38. The molecule has 5 heteroatoms. The van der Waals surface area contributed by atoms with Gasteiger partial charge in [-0.1, -0.05) is 0 Å². The minimum Gasteiger partial charge on any atom is -0.383 e. The summed E-state index contributed by atoms with van der Waals surface area (Å²) in [5.41, 5.74) is 1.02. The van der Waals surface area contributed by atoms with Gasteiger partial charge in [0, 0.05) is 26.0 Å². The van der Waals surface area contributed by atoms with E-state index in [-0.39, 0.29) is 6.04 Å². The lowest BCUT2D eigenvalue weighted by Gasteiger charge is -2.23. The Bertz CT molecular complexity index is 399. The molecule has 0 bridgehead atoms. The van der Waals surface area contributed by atoms with Crippen LogP contribution in [0.25, 0.3) is 0 Å². The lowest BCUT2D eigenvalue weighted by atomic mass is 10.1. The SMILES string of the molecule is COCC(C)Nc1nc(C)cn1C(C)C1CCCO1. The number of nitrogens with zero attached hydrogens (tertiary/aromatic N) is 2. The lowest BCUT2D eigenvalue weighted by molar-refractivity contribution is 0.0737. The summed E-state index contributed by atoms with van der Waals surface area (Å²) in [7, 11) is 1.71. The highest BCUT2D eigenvalue weighted by molar-refractivity contribution is 5.31. The van der Waals surface area contributed by atoms with Gasteiger partial charge in [-0.15, -0.1) is 0 Å². The fourth-order valence-electron chi connectivity index (χ4n) is 2.61. The number of hydrogen-bond donors (Lipinski definition) is 1. The molecule has 2 heterocycles. The quantitative estimate of drug-likeness (QED) is 0.859. The monoisotopic (exact) mass is 267 g/mol. The fraction of sp³-hybridized carbons (Fsp3) is 0.786. The molecule has 1 aromatic rings. The standard InChI is InChI=1S/C14H25N3O2/c1-10-8-17(12(3)13-6-5-7-19-13)14(15-10)16-11(2)9-18-4/h8,11-13H,5-7,9H2,1-4H3,(H,15,16). The van der Waals surface area contributed by atoms with Crippen LogP contribution < -0.4 is 5.32 Å². The zero-order valence-corrected chi connectivity index (χ0v) is 12.3. The summed E-state index contributed by atoms with van der Waals surface area (Å²) in [6, 6.07) is 0.545. The zero-order chi connectivity index (χ0) is 13.8. The molecular weight excluding hydrogens is 242 g/mol. The number of imidazole rings is 1. The van der Waals surface area contributed by atoms with Crippen LogP contribution in [0.4, 0.5) is 5.95 Å². The predicted molar refractivity (Wildman–Crippen MR) is 75.6 cm³/mol. The second-order valence-corrected chi connectivity index (χ2v) is 5.41. The molecule has 0 spiro atoms. The smallest absolute Gasteiger partial charge is 0.203 e. The van der Waals surface area contributed by atoms with Gasteiger partial charge in [0.15, 0.2) is 0 Å². The van der Waals surface area contributed by atoms with Gasteiger partial charge in [0.1, 0.15) is 0 Å². The largest absolute Gasteiger partial charge is 0.383 e. The van der Waals surface area contributed by atoms with Crippen LogP contribution in [-0.2, 0) is 9.47 Å². The van der Waals surface area contributed by atoms with Crippen LogP contribution in [0.15, 0.2) is 6.20 Å². The van der Waals surface area contributed by atoms with Gasteiger partial charge in [-0.25, -0.2) is 4.98 Å². The number of methoxy groups -OCH3 is 1. The molecular formula is C14H25N3O2. The molecule has 1 saturated heterocycles. The van der Waals surface area contributed by atoms with E-state index >= 15 is 0 Å². The maximum absolute atomic E-state index is 5.78. The van der Waals surface area contributed by atoms with Gasteiger partial charge in [-0.2, -0.15) is 0 Å². The highest BCUT2D eigenvalue weighted by atomic mass is 16.5. The van der Waals surface area contributed by atoms with Gasteiger partial charge < -0.3 is 19.4 Å². The van der Waals surface area contributed by atoms with E-state index in [0.29, 0.717) is 18.8 Å². The van der Waals surface area contributed by atoms with E-state index in [1.54, 1.807) is 7.11 Å². The van der Waals surface area contributed by atoms with Crippen LogP contribution >= 0.6 is 0 Å². The summed E-state index contributed by atoms with van der Waals surface area (Å²) in [6.45, 7) is 7.86. The molecule has 1 aromatic heterocycles. The summed E-state index contributed by atoms with van der Waals surface area (Å²) in [5.74, 6) is 0.907. The van der Waals surface area contributed by atoms with Crippen LogP contribution in [0, 0.1) is 6.92 Å². The van der Waals surface area contributed by atoms with Crippen LogP contribution in [0.1, 0.15) is 38.4 Å². The third-order valence-electron chi connectivity index (χ3n) is 3.59. The first kappa shape index (κ1) is 14.3. The van der Waals surface area contributed by atoms with Crippen LogP contribution in [0.3, 0.4) is 0 Å². The molecule has 1 N–H and O–H groups in total. The van der Waals surface area contributed by atoms with Crippen molar-refractivity contribution in [1.29, 1.82) is 0 Å². The first-order chi connectivity index (χ1) is 9.11. The highest BCUT2D eigenvalue weighted by Gasteiger charge is 2.25. The number of ether oxygens (including phenoxy) is 2. The molecule has 0 saturated carbocycles. The summed E-state index contributed by atoms with van der Waals surface area (Å²) in [4.78, 5) is 4.57. The molecule has 3 atom stereocenters. The summed E-state index contributed by atoms with van der Waals surface area (Å²) >= 11 is 0. The van der Waals surface area contributed by atoms with Crippen molar-refractivity contribution in [2.24, 2.45) is 0 Å². The van der Waals surface area contributed by atoms with E-state index < -0.39 is 0 Å². The molecule has 5 nitrogen and oxygen atoms in total. The van der Waals surface area contributed by atoms with Crippen molar-refractivity contribution in [1.82, 2.24) is 9.55 Å². The number of hydrogen-bond acceptors (Lipinski definition) is 4. The fourth-order valence-corrected chi connectivity index (χ4v) is 2.61. The first-order valence-electron chi connectivity index (χ1n) is 7.04. The van der Waals surface area contributed by atoms with Crippen molar-refractivity contribution in [3.05, 3.63) is 11.9 Å². The third kappa shape index (κ3) is 3.48. The summed E-state index contributed by atoms with van der Waals surface area (Å²) in [6.07, 6.45) is 4.68. The number of aryl methyl sites for hydroxylation is 1. The van der Waals surface area contributed by atoms with Crippen molar-refractivity contribution in [3.8, 4) is 0 Å². The third-order valence-corrected chi connectivity index (χ3v) is 3.59.